The van der Waals surface area contributed by atoms with Gasteiger partial charge in [-0.1, -0.05) is 42.5 Å². The lowest BCUT2D eigenvalue weighted by Gasteiger charge is -2.09. The van der Waals surface area contributed by atoms with E-state index in [4.69, 9.17) is 4.84 Å². The number of benzene rings is 2. The first-order valence-corrected chi connectivity index (χ1v) is 9.55. The second-order valence-electron chi connectivity index (χ2n) is 7.50. The first kappa shape index (κ1) is 17.7. The zero-order chi connectivity index (χ0) is 18.8. The van der Waals surface area contributed by atoms with Gasteiger partial charge in [-0.15, -0.1) is 5.48 Å². The Bertz CT molecular complexity index is 843. The molecule has 2 aliphatic rings. The van der Waals surface area contributed by atoms with Crippen LogP contribution in [0.5, 0.6) is 0 Å². The van der Waals surface area contributed by atoms with E-state index in [-0.39, 0.29) is 17.7 Å². The van der Waals surface area contributed by atoms with Crippen LogP contribution in [0.2, 0.25) is 0 Å². The zero-order valence-electron chi connectivity index (χ0n) is 15.4. The lowest BCUT2D eigenvalue weighted by Crippen LogP contribution is -2.84. The molecular weight excluding hydrogens is 338 g/mol. The van der Waals surface area contributed by atoms with E-state index >= 15 is 0 Å². The number of rotatable bonds is 6. The van der Waals surface area contributed by atoms with Crippen LogP contribution in [-0.4, -0.2) is 11.8 Å². The van der Waals surface area contributed by atoms with Gasteiger partial charge in [-0.3, -0.25) is 4.84 Å². The molecule has 2 aromatic rings. The Balaban J connectivity index is 1.36. The van der Waals surface area contributed by atoms with Crippen molar-refractivity contribution in [3.05, 3.63) is 83.4 Å². The third-order valence-electron chi connectivity index (χ3n) is 5.77. The van der Waals surface area contributed by atoms with Crippen molar-refractivity contribution < 1.29 is 19.9 Å². The number of carbonyl (C=O) groups is 2. The Morgan fingerprint density at radius 1 is 1.00 bits per heavy atom. The average molecular weight is 362 g/mol. The smallest absolute Gasteiger partial charge is 0.274 e. The number of hydrogen-bond donors (Lipinski definition) is 1. The molecule has 4 heteroatoms. The quantitative estimate of drug-likeness (QED) is 0.370. The highest BCUT2D eigenvalue weighted by atomic mass is 16.7. The lowest BCUT2D eigenvalue weighted by molar-refractivity contribution is -0.898. The molecule has 0 saturated heterocycles. The Morgan fingerprint density at radius 2 is 1.59 bits per heavy atom. The van der Waals surface area contributed by atoms with Crippen molar-refractivity contribution in [2.75, 3.05) is 0 Å². The second kappa shape index (κ2) is 7.49. The number of Topliss-reactive ketones (excluding diaryl/α,β-unsaturated/α-hetero) is 1. The summed E-state index contributed by atoms with van der Waals surface area (Å²) in [5, 5.41) is 0. The van der Waals surface area contributed by atoms with Gasteiger partial charge in [0.05, 0.1) is 11.1 Å². The van der Waals surface area contributed by atoms with Crippen LogP contribution in [0.25, 0.3) is 0 Å². The number of hydroxylamine groups is 1. The minimum atomic E-state index is -0.403. The van der Waals surface area contributed by atoms with Crippen LogP contribution in [-0.2, 0) is 4.84 Å². The van der Waals surface area contributed by atoms with Gasteiger partial charge in [-0.2, -0.15) is 0 Å². The van der Waals surface area contributed by atoms with E-state index in [1.165, 1.54) is 0 Å². The first-order valence-electron chi connectivity index (χ1n) is 9.55. The van der Waals surface area contributed by atoms with Crippen LogP contribution >= 0.6 is 0 Å². The van der Waals surface area contributed by atoms with Gasteiger partial charge in [-0.25, -0.2) is 4.79 Å². The van der Waals surface area contributed by atoms with Gasteiger partial charge in [0.1, 0.15) is 12.0 Å². The Kier molecular flexibility index (Phi) is 4.90. The summed E-state index contributed by atoms with van der Waals surface area (Å²) in [6, 6.07) is 16.8. The molecule has 0 aliphatic heterocycles. The molecule has 1 saturated carbocycles. The van der Waals surface area contributed by atoms with Crippen LogP contribution in [0.3, 0.4) is 0 Å². The van der Waals surface area contributed by atoms with Crippen molar-refractivity contribution in [2.24, 2.45) is 17.8 Å². The highest BCUT2D eigenvalue weighted by molar-refractivity contribution is 6.00. The number of carbonyl (C=O) groups excluding carboxylic acids is 2. The average Bonchev–Trinajstić information content (AvgIpc) is 3.32. The van der Waals surface area contributed by atoms with E-state index in [2.05, 4.69) is 12.2 Å². The van der Waals surface area contributed by atoms with Gasteiger partial charge in [0, 0.05) is 5.56 Å². The molecule has 2 aliphatic carbocycles. The predicted octanol–water partition coefficient (Wildman–Crippen LogP) is 3.48. The largest absolute Gasteiger partial charge is 0.478 e. The van der Waals surface area contributed by atoms with Crippen molar-refractivity contribution in [3.63, 3.8) is 0 Å². The number of nitrogens with two attached hydrogens (primary N) is 1. The van der Waals surface area contributed by atoms with E-state index < -0.39 is 5.97 Å². The number of allylic oxidation sites excluding steroid dienone is 2. The summed E-state index contributed by atoms with van der Waals surface area (Å²) in [5.74, 6) is 0.654. The van der Waals surface area contributed by atoms with Gasteiger partial charge >= 0.3 is 11.8 Å². The highest BCUT2D eigenvalue weighted by Crippen LogP contribution is 2.45. The van der Waals surface area contributed by atoms with Crippen LogP contribution in [0.15, 0.2) is 66.7 Å². The minimum Gasteiger partial charge on any atom is -0.274 e. The minimum absolute atomic E-state index is 0.0151. The fourth-order valence-electron chi connectivity index (χ4n) is 4.20. The first-order chi connectivity index (χ1) is 13.1. The van der Waals surface area contributed by atoms with Crippen LogP contribution < -0.4 is 5.48 Å². The van der Waals surface area contributed by atoms with E-state index in [1.807, 2.05) is 37.3 Å². The third kappa shape index (κ3) is 3.58. The monoisotopic (exact) mass is 362 g/mol. The molecule has 0 amide bonds. The van der Waals surface area contributed by atoms with Crippen molar-refractivity contribution in [3.8, 4) is 0 Å². The molecule has 1 radical (unpaired) electrons. The standard InChI is InChI=1S/C23H23NO3/c1-15(16-5-3-2-4-6-16)24-27-23(26)20-13-11-19(12-14-20)22(25)21-17-7-8-18(21)10-9-17/h2-8,11-15,17-18,21,24H,9-10H2,1H3/q+1/p+1/t15-,17-,18+,21?/m1/s1. The van der Waals surface area contributed by atoms with Gasteiger partial charge in [0.15, 0.2) is 0 Å². The number of ketones is 1. The van der Waals surface area contributed by atoms with Gasteiger partial charge in [-0.05, 0) is 55.9 Å². The summed E-state index contributed by atoms with van der Waals surface area (Å²) < 4.78 is 0. The van der Waals surface area contributed by atoms with Crippen LogP contribution in [0.1, 0.15) is 52.1 Å². The van der Waals surface area contributed by atoms with E-state index in [0.717, 1.165) is 18.4 Å². The molecule has 137 valence electrons. The summed E-state index contributed by atoms with van der Waals surface area (Å²) in [6.07, 6.45) is 6.59. The Morgan fingerprint density at radius 3 is 2.19 bits per heavy atom. The molecule has 4 rings (SSSR count). The number of quaternary nitrogens is 1. The number of fused-ring (bicyclic) bond motifs is 2. The van der Waals surface area contributed by atoms with Crippen LogP contribution in [0.4, 0.5) is 0 Å². The van der Waals surface area contributed by atoms with E-state index in [1.54, 1.807) is 29.7 Å². The Labute approximate surface area is 159 Å². The molecule has 0 heterocycles. The zero-order valence-corrected chi connectivity index (χ0v) is 15.4. The van der Waals surface area contributed by atoms with Crippen molar-refractivity contribution in [1.29, 1.82) is 0 Å². The van der Waals surface area contributed by atoms with Gasteiger partial charge < -0.3 is 0 Å². The maximum atomic E-state index is 12.8. The van der Waals surface area contributed by atoms with E-state index in [9.17, 15) is 9.59 Å². The maximum Gasteiger partial charge on any atom is 0.478 e. The van der Waals surface area contributed by atoms with Gasteiger partial charge in [0.2, 0.25) is 4.79 Å². The van der Waals surface area contributed by atoms with Crippen molar-refractivity contribution in [1.82, 2.24) is 0 Å². The molecule has 1 unspecified atom stereocenters. The molecule has 4 atom stereocenters. The summed E-state index contributed by atoms with van der Waals surface area (Å²) in [6.45, 7) is 1.98. The molecule has 4 nitrogen and oxygen atoms in total. The molecule has 0 aromatic heterocycles. The summed E-state index contributed by atoms with van der Waals surface area (Å²) in [7, 11) is 0. The molecular formula is C23H24NO3+2. The molecule has 1 fully saturated rings. The molecule has 0 spiro atoms. The lowest BCUT2D eigenvalue weighted by atomic mass is 9.88. The maximum absolute atomic E-state index is 12.8. The topological polar surface area (TPSA) is 62.8 Å². The SMILES string of the molecule is C[C@@H]([NH2+]OC(=O)c1ccc(C(=[O+])C2[C@@H]3C=C[C@H]2CC3)cc1)c1ccccc1. The third-order valence-corrected chi connectivity index (χ3v) is 5.77. The predicted molar refractivity (Wildman–Crippen MR) is 102 cm³/mol. The summed E-state index contributed by atoms with van der Waals surface area (Å²) in [4.78, 5) is 30.4. The molecule has 27 heavy (non-hydrogen) atoms. The summed E-state index contributed by atoms with van der Waals surface area (Å²) in [5.41, 5.74) is 3.78. The fraction of sp³-hybridized carbons (Fsp3) is 0.304. The normalized spacial score (nSPS) is 24.0. The molecule has 2 N–H and O–H groups in total. The molecule has 2 aromatic carbocycles. The van der Waals surface area contributed by atoms with Crippen molar-refractivity contribution in [2.45, 2.75) is 25.8 Å². The van der Waals surface area contributed by atoms with Crippen LogP contribution in [0, 0.1) is 17.8 Å². The number of hydrogen-bond acceptors (Lipinski definition) is 3. The van der Waals surface area contributed by atoms with Gasteiger partial charge in [0.25, 0.3) is 0 Å². The van der Waals surface area contributed by atoms with E-state index in [0.29, 0.717) is 23.0 Å². The molecule has 2 bridgehead atoms. The van der Waals surface area contributed by atoms with Crippen molar-refractivity contribution >= 4 is 11.8 Å². The highest BCUT2D eigenvalue weighted by Gasteiger charge is 2.49. The summed E-state index contributed by atoms with van der Waals surface area (Å²) >= 11 is 0. The fourth-order valence-corrected chi connectivity index (χ4v) is 4.20. The Hall–Kier alpha value is -2.72. The second-order valence-corrected chi connectivity index (χ2v) is 7.50.